The predicted octanol–water partition coefficient (Wildman–Crippen LogP) is 9.13. The van der Waals surface area contributed by atoms with E-state index in [9.17, 15) is 19.3 Å². The molecule has 2 atom stereocenters. The maximum absolute atomic E-state index is 13.6. The number of carbonyl (C=O) groups is 2. The highest BCUT2D eigenvalue weighted by atomic mass is 31.2. The van der Waals surface area contributed by atoms with Crippen molar-refractivity contribution in [2.45, 2.75) is 103 Å². The number of phosphoric ester groups is 1. The first kappa shape index (κ1) is 37.8. The molecule has 0 spiro atoms. The number of benzene rings is 3. The number of ether oxygens (including phenoxy) is 1. The van der Waals surface area contributed by atoms with Crippen molar-refractivity contribution in [3.05, 3.63) is 96.6 Å². The zero-order valence-corrected chi connectivity index (χ0v) is 28.4. The van der Waals surface area contributed by atoms with E-state index in [-0.39, 0.29) is 37.1 Å². The van der Waals surface area contributed by atoms with Crippen molar-refractivity contribution in [1.29, 1.82) is 0 Å². The lowest BCUT2D eigenvalue weighted by Crippen LogP contribution is -2.42. The van der Waals surface area contributed by atoms with Crippen LogP contribution in [-0.4, -0.2) is 35.7 Å². The van der Waals surface area contributed by atoms with Crippen molar-refractivity contribution in [1.82, 2.24) is 5.32 Å². The summed E-state index contributed by atoms with van der Waals surface area (Å²) >= 11 is 0. The number of aliphatic carboxylic acids is 1. The second-order valence-electron chi connectivity index (χ2n) is 11.6. The van der Waals surface area contributed by atoms with Gasteiger partial charge in [-0.05, 0) is 36.2 Å². The largest absolute Gasteiger partial charge is 0.587 e. The van der Waals surface area contributed by atoms with E-state index in [1.807, 2.05) is 30.3 Å². The average molecular weight is 668 g/mol. The average Bonchev–Trinajstić information content (AvgIpc) is 3.07. The number of hydrogen-bond acceptors (Lipinski definition) is 7. The molecule has 0 aliphatic rings. The standard InChI is InChI=1S/C37H50NO8P/c1-2-3-4-5-6-7-8-9-15-26-34(43-30-31-20-13-10-14-21-31)29-36(39)38-35(37(40)41)27-28-44-47(42,45-32-22-16-11-17-23-32)46-33-24-18-12-19-25-33/h10-14,16-25,34-35H,2-9,15,26-30H2,1H3,(H,38,39)(H,40,41)/t34?,35-/m0/s1. The van der Waals surface area contributed by atoms with E-state index in [1.165, 1.54) is 38.5 Å². The lowest BCUT2D eigenvalue weighted by Gasteiger charge is -2.21. The molecular formula is C37H50NO8P. The summed E-state index contributed by atoms with van der Waals surface area (Å²) in [7, 11) is -4.20. The Bertz CT molecular complexity index is 1280. The molecule has 0 saturated heterocycles. The number of phosphoric acid groups is 1. The smallest absolute Gasteiger partial charge is 0.480 e. The van der Waals surface area contributed by atoms with E-state index in [1.54, 1.807) is 60.7 Å². The number of unbranched alkanes of at least 4 members (excludes halogenated alkanes) is 8. The van der Waals surface area contributed by atoms with Gasteiger partial charge in [0.25, 0.3) is 0 Å². The van der Waals surface area contributed by atoms with Crippen LogP contribution in [0.2, 0.25) is 0 Å². The van der Waals surface area contributed by atoms with E-state index < -0.39 is 25.7 Å². The van der Waals surface area contributed by atoms with E-state index in [2.05, 4.69) is 12.2 Å². The molecule has 3 aromatic carbocycles. The first-order chi connectivity index (χ1) is 22.9. The molecule has 0 aliphatic carbocycles. The van der Waals surface area contributed by atoms with Crippen molar-refractivity contribution in [2.75, 3.05) is 6.61 Å². The third-order valence-electron chi connectivity index (χ3n) is 7.58. The number of carbonyl (C=O) groups excluding carboxylic acids is 1. The Morgan fingerprint density at radius 3 is 1.77 bits per heavy atom. The van der Waals surface area contributed by atoms with Gasteiger partial charge in [0.15, 0.2) is 0 Å². The van der Waals surface area contributed by atoms with Gasteiger partial charge in [-0.2, -0.15) is 0 Å². The Kier molecular flexibility index (Phi) is 17.7. The van der Waals surface area contributed by atoms with E-state index in [4.69, 9.17) is 18.3 Å². The summed E-state index contributed by atoms with van der Waals surface area (Å²) in [5.41, 5.74) is 1.01. The number of carboxylic acids is 1. The van der Waals surface area contributed by atoms with Gasteiger partial charge < -0.3 is 24.2 Å². The van der Waals surface area contributed by atoms with E-state index in [0.29, 0.717) is 13.0 Å². The highest BCUT2D eigenvalue weighted by molar-refractivity contribution is 7.49. The van der Waals surface area contributed by atoms with Crippen LogP contribution >= 0.6 is 7.82 Å². The fourth-order valence-electron chi connectivity index (χ4n) is 5.01. The highest BCUT2D eigenvalue weighted by Crippen LogP contribution is 2.49. The lowest BCUT2D eigenvalue weighted by atomic mass is 10.0. The summed E-state index contributed by atoms with van der Waals surface area (Å²) in [5, 5.41) is 12.5. The van der Waals surface area contributed by atoms with Crippen LogP contribution in [0.4, 0.5) is 0 Å². The molecule has 1 amide bonds. The third-order valence-corrected chi connectivity index (χ3v) is 8.95. The summed E-state index contributed by atoms with van der Waals surface area (Å²) in [6.45, 7) is 2.28. The van der Waals surface area contributed by atoms with Crippen LogP contribution in [0.3, 0.4) is 0 Å². The van der Waals surface area contributed by atoms with Gasteiger partial charge >= 0.3 is 13.8 Å². The molecule has 47 heavy (non-hydrogen) atoms. The number of nitrogens with one attached hydrogen (secondary N) is 1. The normalized spacial score (nSPS) is 12.6. The number of carboxylic acid groups (broad SMARTS) is 1. The minimum absolute atomic E-state index is 0.0290. The molecular weight excluding hydrogens is 617 g/mol. The van der Waals surface area contributed by atoms with Gasteiger partial charge in [-0.3, -0.25) is 9.32 Å². The van der Waals surface area contributed by atoms with Gasteiger partial charge in [0, 0.05) is 6.42 Å². The van der Waals surface area contributed by atoms with E-state index in [0.717, 1.165) is 24.8 Å². The Labute approximate surface area is 279 Å². The molecule has 9 nitrogen and oxygen atoms in total. The summed E-state index contributed by atoms with van der Waals surface area (Å²) in [6, 6.07) is 25.3. The van der Waals surface area contributed by atoms with Gasteiger partial charge in [-0.1, -0.05) is 131 Å². The van der Waals surface area contributed by atoms with E-state index >= 15 is 0 Å². The Morgan fingerprint density at radius 2 is 1.23 bits per heavy atom. The van der Waals surface area contributed by atoms with Crippen molar-refractivity contribution in [3.63, 3.8) is 0 Å². The molecule has 0 fully saturated rings. The second-order valence-corrected chi connectivity index (χ2v) is 13.1. The van der Waals surface area contributed by atoms with Crippen molar-refractivity contribution >= 4 is 19.7 Å². The molecule has 10 heteroatoms. The van der Waals surface area contributed by atoms with Gasteiger partial charge in [-0.15, -0.1) is 0 Å². The first-order valence-corrected chi connectivity index (χ1v) is 18.2. The summed E-state index contributed by atoms with van der Waals surface area (Å²) in [5.74, 6) is -1.13. The quantitative estimate of drug-likeness (QED) is 0.0678. The Hall–Kier alpha value is -3.65. The molecule has 3 aromatic rings. The molecule has 0 heterocycles. The number of amides is 1. The molecule has 2 N–H and O–H groups in total. The van der Waals surface area contributed by atoms with Crippen LogP contribution in [0.1, 0.15) is 89.5 Å². The highest BCUT2D eigenvalue weighted by Gasteiger charge is 2.32. The summed E-state index contributed by atoms with van der Waals surface area (Å²) in [6.07, 6.45) is 10.9. The molecule has 0 aliphatic heterocycles. The maximum atomic E-state index is 13.6. The van der Waals surface area contributed by atoms with Crippen LogP contribution in [0.25, 0.3) is 0 Å². The lowest BCUT2D eigenvalue weighted by molar-refractivity contribution is -0.142. The number of hydrogen-bond donors (Lipinski definition) is 2. The predicted molar refractivity (Wildman–Crippen MR) is 183 cm³/mol. The van der Waals surface area contributed by atoms with Crippen LogP contribution in [0.5, 0.6) is 11.5 Å². The van der Waals surface area contributed by atoms with Crippen LogP contribution in [-0.2, 0) is 30.0 Å². The fourth-order valence-corrected chi connectivity index (χ4v) is 6.24. The van der Waals surface area contributed by atoms with Gasteiger partial charge in [0.2, 0.25) is 5.91 Å². The molecule has 256 valence electrons. The monoisotopic (exact) mass is 667 g/mol. The van der Waals surface area contributed by atoms with Crippen molar-refractivity contribution in [3.8, 4) is 11.5 Å². The topological polar surface area (TPSA) is 120 Å². The van der Waals surface area contributed by atoms with Crippen LogP contribution in [0.15, 0.2) is 91.0 Å². The van der Waals surface area contributed by atoms with Gasteiger partial charge in [0.05, 0.1) is 25.7 Å². The zero-order valence-electron chi connectivity index (χ0n) is 27.5. The molecule has 0 saturated carbocycles. The molecule has 0 bridgehead atoms. The fraction of sp³-hybridized carbons (Fsp3) is 0.459. The van der Waals surface area contributed by atoms with Gasteiger partial charge in [0.1, 0.15) is 17.5 Å². The molecule has 0 radical (unpaired) electrons. The Morgan fingerprint density at radius 1 is 0.723 bits per heavy atom. The summed E-state index contributed by atoms with van der Waals surface area (Å²) < 4.78 is 36.4. The maximum Gasteiger partial charge on any atom is 0.587 e. The van der Waals surface area contributed by atoms with Crippen molar-refractivity contribution < 1.29 is 37.6 Å². The number of para-hydroxylation sites is 2. The zero-order chi connectivity index (χ0) is 33.6. The first-order valence-electron chi connectivity index (χ1n) is 16.8. The van der Waals surface area contributed by atoms with Gasteiger partial charge in [-0.25, -0.2) is 9.36 Å². The molecule has 3 rings (SSSR count). The SMILES string of the molecule is CCCCCCCCCCCC(CC(=O)N[C@@H](CCOP(=O)(Oc1ccccc1)Oc1ccccc1)C(=O)O)OCc1ccccc1. The van der Waals surface area contributed by atoms with Crippen LogP contribution < -0.4 is 14.4 Å². The molecule has 1 unspecified atom stereocenters. The third kappa shape index (κ3) is 16.1. The van der Waals surface area contributed by atoms with Crippen molar-refractivity contribution in [2.24, 2.45) is 0 Å². The van der Waals surface area contributed by atoms with Crippen LogP contribution in [0, 0.1) is 0 Å². The Balaban J connectivity index is 1.53. The minimum atomic E-state index is -4.20. The summed E-state index contributed by atoms with van der Waals surface area (Å²) in [4.78, 5) is 25.2. The number of rotatable bonds is 25. The second kappa shape index (κ2) is 22.0. The minimum Gasteiger partial charge on any atom is -0.480 e. The molecule has 0 aromatic heterocycles.